The van der Waals surface area contributed by atoms with Crippen LogP contribution in [0.2, 0.25) is 0 Å². The molecule has 4 fully saturated rings. The van der Waals surface area contributed by atoms with E-state index in [1.165, 1.54) is 19.3 Å². The molecule has 0 aromatic rings. The third kappa shape index (κ3) is 3.77. The predicted molar refractivity (Wildman–Crippen MR) is 111 cm³/mol. The number of aliphatic imine (C=N–C) groups is 1. The minimum atomic E-state index is 0.135. The Labute approximate surface area is 169 Å². The first-order valence-corrected chi connectivity index (χ1v) is 11.5. The molecule has 158 valence electrons. The number of nitrogens with one attached hydrogen (secondary N) is 2. The molecule has 4 atom stereocenters. The van der Waals surface area contributed by atoms with Crippen LogP contribution in [0, 0.1) is 17.3 Å². The first-order chi connectivity index (χ1) is 13.5. The molecular formula is C22H38N4O2. The Morgan fingerprint density at radius 2 is 1.93 bits per heavy atom. The van der Waals surface area contributed by atoms with Crippen LogP contribution in [0.25, 0.3) is 0 Å². The summed E-state index contributed by atoms with van der Waals surface area (Å²) in [6, 6.07) is 0.698. The quantitative estimate of drug-likeness (QED) is 0.572. The topological polar surface area (TPSA) is 66.0 Å². The molecule has 1 amide bonds. The van der Waals surface area contributed by atoms with Gasteiger partial charge in [-0.15, -0.1) is 0 Å². The number of carbonyl (C=O) groups is 1. The average molecular weight is 391 g/mol. The Morgan fingerprint density at radius 3 is 2.68 bits per heavy atom. The van der Waals surface area contributed by atoms with E-state index in [4.69, 9.17) is 9.73 Å². The summed E-state index contributed by atoms with van der Waals surface area (Å²) in [5.41, 5.74) is 0.135. The van der Waals surface area contributed by atoms with Crippen molar-refractivity contribution in [3.8, 4) is 0 Å². The van der Waals surface area contributed by atoms with Gasteiger partial charge in [-0.2, -0.15) is 0 Å². The van der Waals surface area contributed by atoms with Crippen LogP contribution in [-0.4, -0.2) is 61.2 Å². The maximum atomic E-state index is 12.8. The van der Waals surface area contributed by atoms with Crippen LogP contribution in [0.3, 0.4) is 0 Å². The second kappa shape index (κ2) is 8.21. The Bertz CT molecular complexity index is 599. The third-order valence-electron chi connectivity index (χ3n) is 7.50. The number of hydrogen-bond acceptors (Lipinski definition) is 3. The van der Waals surface area contributed by atoms with Crippen LogP contribution in [0.1, 0.15) is 65.7 Å². The number of rotatable bonds is 4. The summed E-state index contributed by atoms with van der Waals surface area (Å²) in [6.45, 7) is 9.98. The van der Waals surface area contributed by atoms with Gasteiger partial charge < -0.3 is 20.3 Å². The highest BCUT2D eigenvalue weighted by Gasteiger charge is 2.59. The summed E-state index contributed by atoms with van der Waals surface area (Å²) in [4.78, 5) is 19.6. The molecule has 0 spiro atoms. The summed E-state index contributed by atoms with van der Waals surface area (Å²) in [5.74, 6) is 2.15. The van der Waals surface area contributed by atoms with Gasteiger partial charge in [0, 0.05) is 55.6 Å². The molecule has 4 rings (SSSR count). The van der Waals surface area contributed by atoms with Crippen molar-refractivity contribution in [2.45, 2.75) is 83.9 Å². The molecule has 2 saturated carbocycles. The molecule has 6 heteroatoms. The molecule has 0 radical (unpaired) electrons. The second-order valence-electron chi connectivity index (χ2n) is 9.76. The Kier molecular flexibility index (Phi) is 5.86. The lowest BCUT2D eigenvalue weighted by Crippen LogP contribution is -2.68. The van der Waals surface area contributed by atoms with Crippen molar-refractivity contribution in [3.05, 3.63) is 0 Å². The Balaban J connectivity index is 1.32. The summed E-state index contributed by atoms with van der Waals surface area (Å²) < 4.78 is 5.93. The van der Waals surface area contributed by atoms with E-state index >= 15 is 0 Å². The highest BCUT2D eigenvalue weighted by Crippen LogP contribution is 2.52. The van der Waals surface area contributed by atoms with E-state index in [1.807, 2.05) is 0 Å². The first kappa shape index (κ1) is 20.0. The zero-order valence-corrected chi connectivity index (χ0v) is 17.9. The van der Waals surface area contributed by atoms with Crippen molar-refractivity contribution >= 4 is 11.9 Å². The summed E-state index contributed by atoms with van der Waals surface area (Å²) >= 11 is 0. The normalized spacial score (nSPS) is 35.4. The van der Waals surface area contributed by atoms with Crippen molar-refractivity contribution in [2.75, 3.05) is 26.2 Å². The number of fused-ring (bicyclic) bond motifs is 1. The zero-order chi connectivity index (χ0) is 19.7. The molecule has 0 aromatic heterocycles. The van der Waals surface area contributed by atoms with E-state index in [0.717, 1.165) is 57.9 Å². The number of likely N-dealkylation sites (tertiary alicyclic amines) is 1. The molecule has 6 nitrogen and oxygen atoms in total. The molecule has 4 aliphatic rings. The fourth-order valence-electron chi connectivity index (χ4n) is 5.93. The van der Waals surface area contributed by atoms with E-state index in [0.29, 0.717) is 30.0 Å². The van der Waals surface area contributed by atoms with Gasteiger partial charge in [0.05, 0.1) is 6.10 Å². The monoisotopic (exact) mass is 390 g/mol. The van der Waals surface area contributed by atoms with Crippen molar-refractivity contribution < 1.29 is 9.53 Å². The molecule has 2 N–H and O–H groups in total. The molecule has 0 bridgehead atoms. The number of amides is 1. The third-order valence-corrected chi connectivity index (χ3v) is 7.50. The van der Waals surface area contributed by atoms with Crippen molar-refractivity contribution in [1.29, 1.82) is 0 Å². The molecule has 2 saturated heterocycles. The Hall–Kier alpha value is -1.30. The van der Waals surface area contributed by atoms with E-state index in [1.54, 1.807) is 0 Å². The van der Waals surface area contributed by atoms with Crippen LogP contribution in [-0.2, 0) is 9.53 Å². The SMILES string of the molecule is CCN=C(NC1CCN(C(=O)C2CCCCC2)C1)NC1C2CCOC2C1(C)C. The van der Waals surface area contributed by atoms with Crippen LogP contribution in [0.5, 0.6) is 0 Å². The number of nitrogens with zero attached hydrogens (tertiary/aromatic N) is 2. The lowest BCUT2D eigenvalue weighted by molar-refractivity contribution is -0.135. The van der Waals surface area contributed by atoms with Gasteiger partial charge in [-0.05, 0) is 32.6 Å². The number of guanidine groups is 1. The smallest absolute Gasteiger partial charge is 0.225 e. The molecular weight excluding hydrogens is 352 g/mol. The van der Waals surface area contributed by atoms with Crippen LogP contribution in [0.4, 0.5) is 0 Å². The lowest BCUT2D eigenvalue weighted by Gasteiger charge is -2.55. The van der Waals surface area contributed by atoms with Crippen molar-refractivity contribution in [1.82, 2.24) is 15.5 Å². The van der Waals surface area contributed by atoms with Crippen LogP contribution in [0.15, 0.2) is 4.99 Å². The van der Waals surface area contributed by atoms with Gasteiger partial charge in [0.15, 0.2) is 5.96 Å². The second-order valence-corrected chi connectivity index (χ2v) is 9.76. The fourth-order valence-corrected chi connectivity index (χ4v) is 5.93. The van der Waals surface area contributed by atoms with E-state index < -0.39 is 0 Å². The van der Waals surface area contributed by atoms with Gasteiger partial charge in [0.25, 0.3) is 0 Å². The van der Waals surface area contributed by atoms with E-state index in [9.17, 15) is 4.79 Å². The van der Waals surface area contributed by atoms with Gasteiger partial charge in [0.2, 0.25) is 5.91 Å². The van der Waals surface area contributed by atoms with Gasteiger partial charge >= 0.3 is 0 Å². The van der Waals surface area contributed by atoms with E-state index in [2.05, 4.69) is 36.3 Å². The van der Waals surface area contributed by atoms with Crippen molar-refractivity contribution in [2.24, 2.45) is 22.2 Å². The summed E-state index contributed by atoms with van der Waals surface area (Å²) in [6.07, 6.45) is 8.41. The standard InChI is InChI=1S/C22H38N4O2/c1-4-23-21(25-18-17-11-13-28-19(17)22(18,2)3)24-16-10-12-26(14-16)20(27)15-8-6-5-7-9-15/h15-19H,4-14H2,1-3H3,(H2,23,24,25). The first-order valence-electron chi connectivity index (χ1n) is 11.5. The zero-order valence-electron chi connectivity index (χ0n) is 17.9. The molecule has 0 aromatic carbocycles. The van der Waals surface area contributed by atoms with Crippen LogP contribution < -0.4 is 10.6 Å². The molecule has 2 heterocycles. The maximum Gasteiger partial charge on any atom is 0.225 e. The number of hydrogen-bond donors (Lipinski definition) is 2. The summed E-state index contributed by atoms with van der Waals surface area (Å²) in [5, 5.41) is 7.33. The summed E-state index contributed by atoms with van der Waals surface area (Å²) in [7, 11) is 0. The highest BCUT2D eigenvalue weighted by atomic mass is 16.5. The minimum absolute atomic E-state index is 0.135. The fraction of sp³-hybridized carbons (Fsp3) is 0.909. The largest absolute Gasteiger partial charge is 0.377 e. The molecule has 4 unspecified atom stereocenters. The number of carbonyl (C=O) groups excluding carboxylic acids is 1. The van der Waals surface area contributed by atoms with Crippen molar-refractivity contribution in [3.63, 3.8) is 0 Å². The Morgan fingerprint density at radius 1 is 1.14 bits per heavy atom. The van der Waals surface area contributed by atoms with Gasteiger partial charge in [0.1, 0.15) is 0 Å². The van der Waals surface area contributed by atoms with Gasteiger partial charge in [-0.1, -0.05) is 33.1 Å². The average Bonchev–Trinajstić information content (AvgIpc) is 3.35. The lowest BCUT2D eigenvalue weighted by atomic mass is 9.57. The number of ether oxygens (including phenoxy) is 1. The predicted octanol–water partition coefficient (Wildman–Crippen LogP) is 2.54. The van der Waals surface area contributed by atoms with Crippen LogP contribution >= 0.6 is 0 Å². The maximum absolute atomic E-state index is 12.8. The highest BCUT2D eigenvalue weighted by molar-refractivity contribution is 5.82. The van der Waals surface area contributed by atoms with E-state index in [-0.39, 0.29) is 11.3 Å². The van der Waals surface area contributed by atoms with Gasteiger partial charge in [-0.3, -0.25) is 9.79 Å². The molecule has 28 heavy (non-hydrogen) atoms. The molecule has 2 aliphatic carbocycles. The minimum Gasteiger partial charge on any atom is -0.377 e. The molecule has 2 aliphatic heterocycles. The van der Waals surface area contributed by atoms with Gasteiger partial charge in [-0.25, -0.2) is 0 Å².